The first-order valence-corrected chi connectivity index (χ1v) is 6.40. The quantitative estimate of drug-likeness (QED) is 0.757. The molecule has 7 nitrogen and oxygen atoms in total. The van der Waals surface area contributed by atoms with Gasteiger partial charge in [0.25, 0.3) is 0 Å². The van der Waals surface area contributed by atoms with Gasteiger partial charge in [0.15, 0.2) is 5.65 Å². The van der Waals surface area contributed by atoms with Crippen molar-refractivity contribution in [3.63, 3.8) is 0 Å². The molecule has 0 bridgehead atoms. The zero-order valence-corrected chi connectivity index (χ0v) is 11.3. The van der Waals surface area contributed by atoms with Crippen LogP contribution >= 0.6 is 0 Å². The summed E-state index contributed by atoms with van der Waals surface area (Å²) in [6, 6.07) is 8.84. The van der Waals surface area contributed by atoms with E-state index in [1.165, 1.54) is 6.33 Å². The standard InChI is InChI=1S/C14H13N5O2/c1-9(14(20)21)18-12-11-7-17-19(13(11)16-8-15-12)10-5-3-2-4-6-10/h2-9H,1H3,(H,20,21)(H,15,16,18)/t9-/m0/s1. The molecule has 0 aliphatic heterocycles. The van der Waals surface area contributed by atoms with Crippen LogP contribution in [0.1, 0.15) is 6.92 Å². The number of para-hydroxylation sites is 1. The summed E-state index contributed by atoms with van der Waals surface area (Å²) in [7, 11) is 0. The van der Waals surface area contributed by atoms with Gasteiger partial charge in [0.1, 0.15) is 18.2 Å². The fraction of sp³-hybridized carbons (Fsp3) is 0.143. The highest BCUT2D eigenvalue weighted by Crippen LogP contribution is 2.21. The Kier molecular flexibility index (Phi) is 3.23. The second-order valence-electron chi connectivity index (χ2n) is 4.56. The molecule has 106 valence electrons. The summed E-state index contributed by atoms with van der Waals surface area (Å²) < 4.78 is 1.69. The predicted molar refractivity (Wildman–Crippen MR) is 77.4 cm³/mol. The molecule has 0 spiro atoms. The SMILES string of the molecule is C[C@H](Nc1ncnc2c1cnn2-c1ccccc1)C(=O)O. The number of nitrogens with zero attached hydrogens (tertiary/aromatic N) is 4. The Morgan fingerprint density at radius 3 is 2.76 bits per heavy atom. The van der Waals surface area contributed by atoms with Gasteiger partial charge in [-0.2, -0.15) is 5.10 Å². The van der Waals surface area contributed by atoms with Crippen molar-refractivity contribution >= 4 is 22.8 Å². The lowest BCUT2D eigenvalue weighted by Crippen LogP contribution is -2.26. The molecule has 0 saturated carbocycles. The average Bonchev–Trinajstić information content (AvgIpc) is 2.93. The highest BCUT2D eigenvalue weighted by atomic mass is 16.4. The van der Waals surface area contributed by atoms with Crippen molar-refractivity contribution < 1.29 is 9.90 Å². The molecule has 3 aromatic rings. The number of fused-ring (bicyclic) bond motifs is 1. The number of hydrogen-bond acceptors (Lipinski definition) is 5. The lowest BCUT2D eigenvalue weighted by Gasteiger charge is -2.10. The molecule has 21 heavy (non-hydrogen) atoms. The van der Waals surface area contributed by atoms with Gasteiger partial charge < -0.3 is 10.4 Å². The summed E-state index contributed by atoms with van der Waals surface area (Å²) in [6.45, 7) is 1.55. The maximum absolute atomic E-state index is 10.9. The highest BCUT2D eigenvalue weighted by molar-refractivity contribution is 5.89. The first-order valence-electron chi connectivity index (χ1n) is 6.40. The number of rotatable bonds is 4. The third-order valence-corrected chi connectivity index (χ3v) is 3.09. The second kappa shape index (κ2) is 5.20. The lowest BCUT2D eigenvalue weighted by molar-refractivity contribution is -0.137. The van der Waals surface area contributed by atoms with Crippen molar-refractivity contribution in [1.82, 2.24) is 19.7 Å². The molecular formula is C14H13N5O2. The Morgan fingerprint density at radius 1 is 1.29 bits per heavy atom. The average molecular weight is 283 g/mol. The van der Waals surface area contributed by atoms with E-state index in [1.54, 1.807) is 17.8 Å². The molecule has 2 heterocycles. The summed E-state index contributed by atoms with van der Waals surface area (Å²) in [5.41, 5.74) is 1.50. The van der Waals surface area contributed by atoms with Gasteiger partial charge in [-0.25, -0.2) is 14.6 Å². The van der Waals surface area contributed by atoms with Gasteiger partial charge in [-0.1, -0.05) is 18.2 Å². The van der Waals surface area contributed by atoms with Crippen LogP contribution in [0.25, 0.3) is 16.7 Å². The lowest BCUT2D eigenvalue weighted by atomic mass is 10.3. The molecule has 7 heteroatoms. The van der Waals surface area contributed by atoms with Crippen molar-refractivity contribution in [2.24, 2.45) is 0 Å². The number of hydrogen-bond donors (Lipinski definition) is 2. The van der Waals surface area contributed by atoms with Crippen LogP contribution in [0.2, 0.25) is 0 Å². The molecule has 2 N–H and O–H groups in total. The molecule has 1 aromatic carbocycles. The smallest absolute Gasteiger partial charge is 0.325 e. The van der Waals surface area contributed by atoms with Crippen LogP contribution in [-0.2, 0) is 4.79 Å². The molecule has 0 unspecified atom stereocenters. The van der Waals surface area contributed by atoms with Crippen molar-refractivity contribution in [2.45, 2.75) is 13.0 Å². The highest BCUT2D eigenvalue weighted by Gasteiger charge is 2.15. The minimum atomic E-state index is -0.947. The topological polar surface area (TPSA) is 92.9 Å². The Morgan fingerprint density at radius 2 is 2.05 bits per heavy atom. The Balaban J connectivity index is 2.06. The number of carboxylic acids is 1. The molecule has 3 rings (SSSR count). The van der Waals surface area contributed by atoms with E-state index in [0.717, 1.165) is 5.69 Å². The van der Waals surface area contributed by atoms with Gasteiger partial charge in [-0.15, -0.1) is 0 Å². The van der Waals surface area contributed by atoms with Gasteiger partial charge in [0, 0.05) is 0 Å². The van der Waals surface area contributed by atoms with Gasteiger partial charge in [0.2, 0.25) is 0 Å². The van der Waals surface area contributed by atoms with Gasteiger partial charge in [0.05, 0.1) is 17.3 Å². The maximum Gasteiger partial charge on any atom is 0.325 e. The van der Waals surface area contributed by atoms with Crippen LogP contribution in [-0.4, -0.2) is 36.9 Å². The fourth-order valence-corrected chi connectivity index (χ4v) is 1.98. The molecular weight excluding hydrogens is 270 g/mol. The minimum Gasteiger partial charge on any atom is -0.480 e. The first kappa shape index (κ1) is 13.0. The summed E-state index contributed by atoms with van der Waals surface area (Å²) in [6.07, 6.45) is 3.01. The number of carbonyl (C=O) groups is 1. The summed E-state index contributed by atoms with van der Waals surface area (Å²) in [4.78, 5) is 19.3. The molecule has 0 radical (unpaired) electrons. The van der Waals surface area contributed by atoms with E-state index in [4.69, 9.17) is 5.11 Å². The van der Waals surface area contributed by atoms with E-state index in [9.17, 15) is 4.79 Å². The molecule has 0 amide bonds. The fourth-order valence-electron chi connectivity index (χ4n) is 1.98. The largest absolute Gasteiger partial charge is 0.480 e. The monoisotopic (exact) mass is 283 g/mol. The number of benzene rings is 1. The predicted octanol–water partition coefficient (Wildman–Crippen LogP) is 1.70. The van der Waals surface area contributed by atoms with Crippen LogP contribution in [0.15, 0.2) is 42.9 Å². The van der Waals surface area contributed by atoms with Crippen LogP contribution in [0.4, 0.5) is 5.82 Å². The molecule has 2 aromatic heterocycles. The molecule has 1 atom stereocenters. The molecule has 0 saturated heterocycles. The molecule has 0 aliphatic carbocycles. The third-order valence-electron chi connectivity index (χ3n) is 3.09. The minimum absolute atomic E-state index is 0.456. The van der Waals surface area contributed by atoms with Gasteiger partial charge in [-0.3, -0.25) is 4.79 Å². The Labute approximate surface area is 120 Å². The van der Waals surface area contributed by atoms with Crippen molar-refractivity contribution in [3.8, 4) is 5.69 Å². The summed E-state index contributed by atoms with van der Waals surface area (Å²) >= 11 is 0. The van der Waals surface area contributed by atoms with E-state index in [0.29, 0.717) is 16.9 Å². The van der Waals surface area contributed by atoms with Gasteiger partial charge in [-0.05, 0) is 19.1 Å². The van der Waals surface area contributed by atoms with Crippen LogP contribution in [0.5, 0.6) is 0 Å². The van der Waals surface area contributed by atoms with Crippen LogP contribution in [0, 0.1) is 0 Å². The summed E-state index contributed by atoms with van der Waals surface area (Å²) in [5, 5.41) is 16.8. The van der Waals surface area contributed by atoms with E-state index in [-0.39, 0.29) is 0 Å². The third kappa shape index (κ3) is 2.40. The number of aromatic nitrogens is 4. The van der Waals surface area contributed by atoms with E-state index in [1.807, 2.05) is 30.3 Å². The zero-order chi connectivity index (χ0) is 14.8. The van der Waals surface area contributed by atoms with Crippen molar-refractivity contribution in [1.29, 1.82) is 0 Å². The van der Waals surface area contributed by atoms with E-state index < -0.39 is 12.0 Å². The number of carboxylic acid groups (broad SMARTS) is 1. The number of anilines is 1. The van der Waals surface area contributed by atoms with Crippen molar-refractivity contribution in [3.05, 3.63) is 42.9 Å². The number of aliphatic carboxylic acids is 1. The van der Waals surface area contributed by atoms with Gasteiger partial charge >= 0.3 is 5.97 Å². The molecule has 0 fully saturated rings. The first-order chi connectivity index (χ1) is 10.2. The summed E-state index contributed by atoms with van der Waals surface area (Å²) in [5.74, 6) is -0.491. The maximum atomic E-state index is 10.9. The van der Waals surface area contributed by atoms with Crippen molar-refractivity contribution in [2.75, 3.05) is 5.32 Å². The van der Waals surface area contributed by atoms with Crippen LogP contribution < -0.4 is 5.32 Å². The zero-order valence-electron chi connectivity index (χ0n) is 11.3. The Hall–Kier alpha value is -2.96. The number of nitrogens with one attached hydrogen (secondary N) is 1. The van der Waals surface area contributed by atoms with E-state index in [2.05, 4.69) is 20.4 Å². The van der Waals surface area contributed by atoms with E-state index >= 15 is 0 Å². The normalized spacial score (nSPS) is 12.2. The second-order valence-corrected chi connectivity index (χ2v) is 4.56. The Bertz CT molecular complexity index is 784. The van der Waals surface area contributed by atoms with Crippen LogP contribution in [0.3, 0.4) is 0 Å². The molecule has 0 aliphatic rings.